The van der Waals surface area contributed by atoms with Gasteiger partial charge >= 0.3 is 5.97 Å². The number of benzene rings is 2. The molecule has 0 aliphatic rings. The number of rotatable bonds is 4. The predicted octanol–water partition coefficient (Wildman–Crippen LogP) is 2.66. The Balaban J connectivity index is 2.20. The molecular formula is C15H17NO2. The quantitative estimate of drug-likeness (QED) is 0.897. The number of fused-ring (bicyclic) bond motifs is 1. The maximum atomic E-state index is 10.6. The van der Waals surface area contributed by atoms with E-state index in [0.29, 0.717) is 6.54 Å². The van der Waals surface area contributed by atoms with Gasteiger partial charge in [0.25, 0.3) is 0 Å². The third-order valence-corrected chi connectivity index (χ3v) is 2.92. The average Bonchev–Trinajstić information content (AvgIpc) is 2.28. The van der Waals surface area contributed by atoms with Crippen molar-refractivity contribution in [2.24, 2.45) is 0 Å². The Bertz CT molecular complexity index is 578. The third-order valence-electron chi connectivity index (χ3n) is 2.92. The van der Waals surface area contributed by atoms with Crippen LogP contribution in [0, 0.1) is 6.92 Å². The Morgan fingerprint density at radius 1 is 1.17 bits per heavy atom. The zero-order valence-corrected chi connectivity index (χ0v) is 10.7. The molecule has 2 rings (SSSR count). The molecule has 0 saturated carbocycles. The summed E-state index contributed by atoms with van der Waals surface area (Å²) in [6.45, 7) is 2.79. The second-order valence-corrected chi connectivity index (χ2v) is 4.75. The molecule has 0 aromatic heterocycles. The number of nitrogens with zero attached hydrogens (tertiary/aromatic N) is 1. The van der Waals surface area contributed by atoms with Crippen LogP contribution in [0.3, 0.4) is 0 Å². The third kappa shape index (κ3) is 3.08. The highest BCUT2D eigenvalue weighted by atomic mass is 16.4. The molecule has 18 heavy (non-hydrogen) atoms. The summed E-state index contributed by atoms with van der Waals surface area (Å²) in [4.78, 5) is 12.4. The molecule has 3 heteroatoms. The van der Waals surface area contributed by atoms with Crippen LogP contribution in [-0.4, -0.2) is 29.6 Å². The van der Waals surface area contributed by atoms with Crippen molar-refractivity contribution in [3.8, 4) is 0 Å². The topological polar surface area (TPSA) is 40.5 Å². The van der Waals surface area contributed by atoms with Gasteiger partial charge < -0.3 is 5.11 Å². The van der Waals surface area contributed by atoms with E-state index >= 15 is 0 Å². The molecule has 3 nitrogen and oxygen atoms in total. The van der Waals surface area contributed by atoms with Crippen molar-refractivity contribution in [2.45, 2.75) is 13.5 Å². The monoisotopic (exact) mass is 243 g/mol. The summed E-state index contributed by atoms with van der Waals surface area (Å²) in [5, 5.41) is 11.1. The minimum atomic E-state index is -0.797. The number of aryl methyl sites for hydroxylation is 1. The van der Waals surface area contributed by atoms with E-state index in [2.05, 4.69) is 43.3 Å². The van der Waals surface area contributed by atoms with E-state index < -0.39 is 5.97 Å². The number of hydrogen-bond acceptors (Lipinski definition) is 2. The first kappa shape index (κ1) is 12.6. The zero-order chi connectivity index (χ0) is 13.1. The van der Waals surface area contributed by atoms with Crippen LogP contribution < -0.4 is 0 Å². The first-order chi connectivity index (χ1) is 8.54. The van der Waals surface area contributed by atoms with Crippen LogP contribution in [-0.2, 0) is 11.3 Å². The molecule has 0 saturated heterocycles. The van der Waals surface area contributed by atoms with E-state index in [1.165, 1.54) is 16.3 Å². The highest BCUT2D eigenvalue weighted by Gasteiger charge is 2.05. The number of carbonyl (C=O) groups is 1. The average molecular weight is 243 g/mol. The molecular weight excluding hydrogens is 226 g/mol. The van der Waals surface area contributed by atoms with E-state index in [-0.39, 0.29) is 6.54 Å². The van der Waals surface area contributed by atoms with Gasteiger partial charge in [-0.3, -0.25) is 9.69 Å². The predicted molar refractivity (Wildman–Crippen MR) is 72.7 cm³/mol. The summed E-state index contributed by atoms with van der Waals surface area (Å²) in [5.74, 6) is -0.797. The molecule has 0 radical (unpaired) electrons. The van der Waals surface area contributed by atoms with Crippen molar-refractivity contribution in [2.75, 3.05) is 13.6 Å². The molecule has 0 aliphatic carbocycles. The molecule has 0 unspecified atom stereocenters. The highest BCUT2D eigenvalue weighted by Crippen LogP contribution is 2.18. The normalized spacial score (nSPS) is 11.1. The van der Waals surface area contributed by atoms with Gasteiger partial charge in [0.05, 0.1) is 6.54 Å². The van der Waals surface area contributed by atoms with Gasteiger partial charge in [0.15, 0.2) is 0 Å². The summed E-state index contributed by atoms with van der Waals surface area (Å²) < 4.78 is 0. The standard InChI is InChI=1S/C15H17NO2/c1-11-3-5-14-8-12(4-6-13(14)7-11)9-16(2)10-15(17)18/h3-8H,9-10H2,1-2H3,(H,17,18). The second-order valence-electron chi connectivity index (χ2n) is 4.75. The molecule has 0 fully saturated rings. The van der Waals surface area contributed by atoms with Crippen LogP contribution in [0.4, 0.5) is 0 Å². The molecule has 2 aromatic carbocycles. The van der Waals surface area contributed by atoms with Crippen LogP contribution in [0.25, 0.3) is 10.8 Å². The first-order valence-corrected chi connectivity index (χ1v) is 5.94. The Kier molecular flexibility index (Phi) is 3.63. The molecule has 0 heterocycles. The highest BCUT2D eigenvalue weighted by molar-refractivity contribution is 5.83. The van der Waals surface area contributed by atoms with E-state index in [9.17, 15) is 4.79 Å². The lowest BCUT2D eigenvalue weighted by atomic mass is 10.0. The number of hydrogen-bond donors (Lipinski definition) is 1. The lowest BCUT2D eigenvalue weighted by molar-refractivity contribution is -0.138. The van der Waals surface area contributed by atoms with E-state index in [4.69, 9.17) is 5.11 Å². The summed E-state index contributed by atoms with van der Waals surface area (Å²) in [6, 6.07) is 12.6. The summed E-state index contributed by atoms with van der Waals surface area (Å²) in [6.07, 6.45) is 0. The zero-order valence-electron chi connectivity index (χ0n) is 10.7. The first-order valence-electron chi connectivity index (χ1n) is 5.94. The van der Waals surface area contributed by atoms with E-state index in [1.54, 1.807) is 4.90 Å². The van der Waals surface area contributed by atoms with Gasteiger partial charge in [0, 0.05) is 6.54 Å². The minimum Gasteiger partial charge on any atom is -0.480 e. The van der Waals surface area contributed by atoms with Crippen molar-refractivity contribution in [1.29, 1.82) is 0 Å². The molecule has 94 valence electrons. The van der Waals surface area contributed by atoms with Crippen LogP contribution in [0.5, 0.6) is 0 Å². The van der Waals surface area contributed by atoms with Gasteiger partial charge in [-0.2, -0.15) is 0 Å². The summed E-state index contributed by atoms with van der Waals surface area (Å²) in [7, 11) is 1.81. The Hall–Kier alpha value is -1.87. The maximum absolute atomic E-state index is 10.6. The van der Waals surface area contributed by atoms with E-state index in [1.807, 2.05) is 7.05 Å². The van der Waals surface area contributed by atoms with Crippen molar-refractivity contribution >= 4 is 16.7 Å². The maximum Gasteiger partial charge on any atom is 0.317 e. The van der Waals surface area contributed by atoms with Crippen LogP contribution >= 0.6 is 0 Å². The number of carboxylic acids is 1. The molecule has 0 aliphatic heterocycles. The molecule has 1 N–H and O–H groups in total. The van der Waals surface area contributed by atoms with E-state index in [0.717, 1.165) is 5.56 Å². The lowest BCUT2D eigenvalue weighted by Gasteiger charge is -2.14. The van der Waals surface area contributed by atoms with Gasteiger partial charge in [-0.05, 0) is 36.4 Å². The largest absolute Gasteiger partial charge is 0.480 e. The van der Waals surface area contributed by atoms with Crippen molar-refractivity contribution in [3.05, 3.63) is 47.5 Å². The molecule has 0 atom stereocenters. The Labute approximate surface area is 107 Å². The summed E-state index contributed by atoms with van der Waals surface area (Å²) in [5.41, 5.74) is 2.38. The molecule has 0 bridgehead atoms. The van der Waals surface area contributed by atoms with Crippen molar-refractivity contribution in [1.82, 2.24) is 4.90 Å². The van der Waals surface area contributed by atoms with Gasteiger partial charge in [-0.1, -0.05) is 35.9 Å². The number of likely N-dealkylation sites (N-methyl/N-ethyl adjacent to an activating group) is 1. The van der Waals surface area contributed by atoms with Crippen LogP contribution in [0.1, 0.15) is 11.1 Å². The Morgan fingerprint density at radius 2 is 1.83 bits per heavy atom. The smallest absolute Gasteiger partial charge is 0.317 e. The van der Waals surface area contributed by atoms with Gasteiger partial charge in [0.1, 0.15) is 0 Å². The van der Waals surface area contributed by atoms with Crippen LogP contribution in [0.2, 0.25) is 0 Å². The fourth-order valence-electron chi connectivity index (χ4n) is 2.11. The van der Waals surface area contributed by atoms with Gasteiger partial charge in [-0.25, -0.2) is 0 Å². The number of carboxylic acid groups (broad SMARTS) is 1. The summed E-state index contributed by atoms with van der Waals surface area (Å²) >= 11 is 0. The lowest BCUT2D eigenvalue weighted by Crippen LogP contribution is -2.25. The minimum absolute atomic E-state index is 0.0614. The second kappa shape index (κ2) is 5.19. The fourth-order valence-corrected chi connectivity index (χ4v) is 2.11. The van der Waals surface area contributed by atoms with Crippen molar-refractivity contribution < 1.29 is 9.90 Å². The molecule has 2 aromatic rings. The number of aliphatic carboxylic acids is 1. The van der Waals surface area contributed by atoms with Gasteiger partial charge in [0.2, 0.25) is 0 Å². The Morgan fingerprint density at radius 3 is 2.56 bits per heavy atom. The van der Waals surface area contributed by atoms with Crippen LogP contribution in [0.15, 0.2) is 36.4 Å². The SMILES string of the molecule is Cc1ccc2cc(CN(C)CC(=O)O)ccc2c1. The molecule has 0 spiro atoms. The molecule has 0 amide bonds. The fraction of sp³-hybridized carbons (Fsp3) is 0.267. The van der Waals surface area contributed by atoms with Crippen molar-refractivity contribution in [3.63, 3.8) is 0 Å². The van der Waals surface area contributed by atoms with Gasteiger partial charge in [-0.15, -0.1) is 0 Å².